The van der Waals surface area contributed by atoms with Crippen molar-refractivity contribution in [3.05, 3.63) is 39.5 Å². The molecule has 1 aromatic heterocycles. The summed E-state index contributed by atoms with van der Waals surface area (Å²) in [6.07, 6.45) is 0. The van der Waals surface area contributed by atoms with Gasteiger partial charge in [0.2, 0.25) is 0 Å². The van der Waals surface area contributed by atoms with Gasteiger partial charge in [-0.05, 0) is 25.1 Å². The van der Waals surface area contributed by atoms with Gasteiger partial charge >= 0.3 is 0 Å². The molecule has 3 nitrogen and oxygen atoms in total. The fourth-order valence-electron chi connectivity index (χ4n) is 1.70. The van der Waals surface area contributed by atoms with Gasteiger partial charge in [0.05, 0.1) is 15.7 Å². The first-order chi connectivity index (χ1) is 8.52. The van der Waals surface area contributed by atoms with E-state index in [0.717, 1.165) is 21.2 Å². The monoisotopic (exact) mass is 301 g/mol. The fraction of sp³-hybridized carbons (Fsp3) is 0.250. The first-order valence-corrected chi connectivity index (χ1v) is 6.95. The number of benzene rings is 1. The summed E-state index contributed by atoms with van der Waals surface area (Å²) >= 11 is 13.5. The molecule has 0 unspecified atom stereocenters. The van der Waals surface area contributed by atoms with Gasteiger partial charge in [-0.1, -0.05) is 35.0 Å². The second-order valence-electron chi connectivity index (χ2n) is 3.87. The van der Waals surface area contributed by atoms with Crippen molar-refractivity contribution in [1.29, 1.82) is 0 Å². The molecule has 0 aliphatic heterocycles. The van der Waals surface area contributed by atoms with Gasteiger partial charge in [0.1, 0.15) is 5.03 Å². The Kier molecular flexibility index (Phi) is 4.22. The summed E-state index contributed by atoms with van der Waals surface area (Å²) in [6.45, 7) is 2.43. The quantitative estimate of drug-likeness (QED) is 0.941. The first-order valence-electron chi connectivity index (χ1n) is 5.38. The van der Waals surface area contributed by atoms with Crippen molar-refractivity contribution in [2.24, 2.45) is 12.8 Å². The van der Waals surface area contributed by atoms with Crippen molar-refractivity contribution < 1.29 is 0 Å². The third kappa shape index (κ3) is 2.67. The zero-order valence-electron chi connectivity index (χ0n) is 10.1. The highest BCUT2D eigenvalue weighted by atomic mass is 35.5. The SMILES string of the molecule is Cc1nn(C)c(Sc2ccc(Cl)c(Cl)c2)c1CN. The molecule has 1 aromatic carbocycles. The Morgan fingerprint density at radius 1 is 1.33 bits per heavy atom. The number of aromatic nitrogens is 2. The summed E-state index contributed by atoms with van der Waals surface area (Å²) in [7, 11) is 1.91. The van der Waals surface area contributed by atoms with Crippen molar-refractivity contribution in [3.63, 3.8) is 0 Å². The molecule has 0 saturated heterocycles. The molecular formula is C12H13Cl2N3S. The molecule has 6 heteroatoms. The van der Waals surface area contributed by atoms with Gasteiger partial charge in [0, 0.05) is 24.1 Å². The van der Waals surface area contributed by atoms with E-state index in [1.807, 2.05) is 30.8 Å². The van der Waals surface area contributed by atoms with Gasteiger partial charge in [-0.15, -0.1) is 0 Å². The third-order valence-corrected chi connectivity index (χ3v) is 4.53. The molecule has 0 spiro atoms. The summed E-state index contributed by atoms with van der Waals surface area (Å²) in [4.78, 5) is 1.02. The van der Waals surface area contributed by atoms with E-state index in [4.69, 9.17) is 28.9 Å². The number of aryl methyl sites for hydroxylation is 2. The molecule has 1 heterocycles. The molecule has 96 valence electrons. The van der Waals surface area contributed by atoms with Crippen molar-refractivity contribution in [2.75, 3.05) is 0 Å². The van der Waals surface area contributed by atoms with E-state index >= 15 is 0 Å². The van der Waals surface area contributed by atoms with Gasteiger partial charge in [-0.2, -0.15) is 5.10 Å². The zero-order valence-corrected chi connectivity index (χ0v) is 12.4. The Balaban J connectivity index is 2.36. The van der Waals surface area contributed by atoms with Crippen LogP contribution in [0.3, 0.4) is 0 Å². The normalized spacial score (nSPS) is 10.9. The number of hydrogen-bond acceptors (Lipinski definition) is 3. The van der Waals surface area contributed by atoms with E-state index in [1.54, 1.807) is 17.8 Å². The highest BCUT2D eigenvalue weighted by Gasteiger charge is 2.13. The van der Waals surface area contributed by atoms with E-state index in [9.17, 15) is 0 Å². The molecule has 0 amide bonds. The molecule has 2 aromatic rings. The summed E-state index contributed by atoms with van der Waals surface area (Å²) in [6, 6.07) is 5.57. The highest BCUT2D eigenvalue weighted by Crippen LogP contribution is 2.34. The minimum atomic E-state index is 0.476. The number of nitrogens with zero attached hydrogens (tertiary/aromatic N) is 2. The maximum absolute atomic E-state index is 6.01. The van der Waals surface area contributed by atoms with Gasteiger partial charge in [0.25, 0.3) is 0 Å². The first kappa shape index (κ1) is 13.7. The van der Waals surface area contributed by atoms with Crippen LogP contribution in [0.15, 0.2) is 28.1 Å². The van der Waals surface area contributed by atoms with E-state index in [1.165, 1.54) is 0 Å². The Morgan fingerprint density at radius 3 is 2.67 bits per heavy atom. The molecule has 18 heavy (non-hydrogen) atoms. The van der Waals surface area contributed by atoms with Crippen molar-refractivity contribution in [2.45, 2.75) is 23.4 Å². The number of rotatable bonds is 3. The van der Waals surface area contributed by atoms with Crippen LogP contribution in [0.5, 0.6) is 0 Å². The lowest BCUT2D eigenvalue weighted by Crippen LogP contribution is -1.99. The Labute approximate surface area is 120 Å². The topological polar surface area (TPSA) is 43.8 Å². The summed E-state index contributed by atoms with van der Waals surface area (Å²) in [5.74, 6) is 0. The van der Waals surface area contributed by atoms with Crippen LogP contribution >= 0.6 is 35.0 Å². The van der Waals surface area contributed by atoms with Gasteiger partial charge < -0.3 is 5.73 Å². The Bertz CT molecular complexity index is 581. The van der Waals surface area contributed by atoms with Crippen LogP contribution in [-0.4, -0.2) is 9.78 Å². The van der Waals surface area contributed by atoms with Crippen LogP contribution in [0.2, 0.25) is 10.0 Å². The Morgan fingerprint density at radius 2 is 2.06 bits per heavy atom. The predicted molar refractivity (Wildman–Crippen MR) is 76.4 cm³/mol. The lowest BCUT2D eigenvalue weighted by Gasteiger charge is -2.06. The Hall–Kier alpha value is -0.680. The van der Waals surface area contributed by atoms with E-state index in [-0.39, 0.29) is 0 Å². The minimum absolute atomic E-state index is 0.476. The van der Waals surface area contributed by atoms with Crippen molar-refractivity contribution in [1.82, 2.24) is 9.78 Å². The van der Waals surface area contributed by atoms with Crippen molar-refractivity contribution in [3.8, 4) is 0 Å². The van der Waals surface area contributed by atoms with Gasteiger partial charge in [-0.3, -0.25) is 4.68 Å². The molecular weight excluding hydrogens is 289 g/mol. The number of halogens is 2. The second-order valence-corrected chi connectivity index (χ2v) is 5.75. The maximum atomic E-state index is 6.01. The standard InChI is InChI=1S/C12H13Cl2N3S/c1-7-9(6-15)12(17(2)16-7)18-8-3-4-10(13)11(14)5-8/h3-5H,6,15H2,1-2H3. The molecule has 0 fully saturated rings. The molecule has 0 saturated carbocycles. The molecule has 0 aliphatic rings. The molecule has 0 bridgehead atoms. The smallest absolute Gasteiger partial charge is 0.103 e. The zero-order chi connectivity index (χ0) is 13.3. The third-order valence-electron chi connectivity index (χ3n) is 2.60. The average Bonchev–Trinajstić information content (AvgIpc) is 2.58. The van der Waals surface area contributed by atoms with Crippen LogP contribution < -0.4 is 5.73 Å². The lowest BCUT2D eigenvalue weighted by molar-refractivity contribution is 0.688. The molecule has 0 radical (unpaired) electrons. The fourth-order valence-corrected chi connectivity index (χ4v) is 3.12. The molecule has 0 atom stereocenters. The second kappa shape index (κ2) is 5.53. The van der Waals surface area contributed by atoms with E-state index < -0.39 is 0 Å². The van der Waals surface area contributed by atoms with Gasteiger partial charge in [-0.25, -0.2) is 0 Å². The van der Waals surface area contributed by atoms with Gasteiger partial charge in [0.15, 0.2) is 0 Å². The molecule has 2 N–H and O–H groups in total. The van der Waals surface area contributed by atoms with Crippen LogP contribution in [0.25, 0.3) is 0 Å². The van der Waals surface area contributed by atoms with Crippen LogP contribution in [0.4, 0.5) is 0 Å². The molecule has 0 aliphatic carbocycles. The summed E-state index contributed by atoms with van der Waals surface area (Å²) in [5, 5.41) is 6.52. The maximum Gasteiger partial charge on any atom is 0.103 e. The lowest BCUT2D eigenvalue weighted by atomic mass is 10.3. The van der Waals surface area contributed by atoms with E-state index in [2.05, 4.69) is 5.10 Å². The van der Waals surface area contributed by atoms with Crippen LogP contribution in [0.1, 0.15) is 11.3 Å². The highest BCUT2D eigenvalue weighted by molar-refractivity contribution is 7.99. The van der Waals surface area contributed by atoms with Crippen LogP contribution in [-0.2, 0) is 13.6 Å². The van der Waals surface area contributed by atoms with Crippen LogP contribution in [0, 0.1) is 6.92 Å². The largest absolute Gasteiger partial charge is 0.326 e. The predicted octanol–water partition coefficient (Wildman–Crippen LogP) is 3.65. The molecule has 2 rings (SSSR count). The average molecular weight is 302 g/mol. The van der Waals surface area contributed by atoms with Crippen molar-refractivity contribution >= 4 is 35.0 Å². The summed E-state index contributed by atoms with van der Waals surface area (Å²) < 4.78 is 1.84. The number of nitrogens with two attached hydrogens (primary N) is 1. The summed E-state index contributed by atoms with van der Waals surface area (Å²) in [5.41, 5.74) is 7.78. The minimum Gasteiger partial charge on any atom is -0.326 e. The van der Waals surface area contributed by atoms with E-state index in [0.29, 0.717) is 16.6 Å². The number of hydrogen-bond donors (Lipinski definition) is 1.